The van der Waals surface area contributed by atoms with Crippen molar-refractivity contribution in [3.8, 4) is 0 Å². The summed E-state index contributed by atoms with van der Waals surface area (Å²) in [6, 6.07) is -0.791. The smallest absolute Gasteiger partial charge is 0.320 e. The zero-order valence-electron chi connectivity index (χ0n) is 12.6. The Morgan fingerprint density at radius 2 is 1.37 bits per heavy atom. The number of carbonyl (C=O) groups is 2. The van der Waals surface area contributed by atoms with Gasteiger partial charge in [0.05, 0.1) is 0 Å². The zero-order chi connectivity index (χ0) is 14.7. The van der Waals surface area contributed by atoms with Crippen LogP contribution in [0.1, 0.15) is 54.4 Å². The van der Waals surface area contributed by atoms with Gasteiger partial charge < -0.3 is 10.2 Å². The summed E-state index contributed by atoms with van der Waals surface area (Å²) in [5.41, 5.74) is -0.695. The van der Waals surface area contributed by atoms with Gasteiger partial charge in [-0.25, -0.2) is 0 Å². The van der Waals surface area contributed by atoms with Crippen LogP contribution in [0, 0.1) is 0 Å². The van der Waals surface area contributed by atoms with Crippen molar-refractivity contribution < 1.29 is 19.8 Å². The first-order chi connectivity index (χ1) is 7.87. The molecule has 0 aromatic carbocycles. The number of carboxylic acid groups (broad SMARTS) is 2. The van der Waals surface area contributed by atoms with Gasteiger partial charge in [-0.05, 0) is 48.0 Å². The lowest BCUT2D eigenvalue weighted by atomic mass is 9.91. The van der Waals surface area contributed by atoms with Crippen LogP contribution in [-0.4, -0.2) is 44.2 Å². The van der Waals surface area contributed by atoms with Crippen LogP contribution in [0.5, 0.6) is 0 Å². The van der Waals surface area contributed by atoms with Gasteiger partial charge in [-0.2, -0.15) is 0 Å². The van der Waals surface area contributed by atoms with Crippen LogP contribution in [0.25, 0.3) is 0 Å². The first kappa shape index (κ1) is 20.5. The minimum absolute atomic E-state index is 0. The molecule has 2 N–H and O–H groups in total. The summed E-state index contributed by atoms with van der Waals surface area (Å²) in [4.78, 5) is 23.9. The minimum atomic E-state index is -0.971. The molecule has 0 unspecified atom stereocenters. The van der Waals surface area contributed by atoms with E-state index in [1.54, 1.807) is 0 Å². The average Bonchev–Trinajstić information content (AvgIpc) is 2.06. The number of nitrogens with zero attached hydrogens (tertiary/aromatic N) is 1. The molecule has 0 saturated carbocycles. The molecule has 0 amide bonds. The number of rotatable bonds is 5. The Kier molecular flexibility index (Phi) is 7.66. The van der Waals surface area contributed by atoms with E-state index in [-0.39, 0.29) is 36.3 Å². The third-order valence-corrected chi connectivity index (χ3v) is 2.67. The van der Waals surface area contributed by atoms with Crippen LogP contribution in [0.3, 0.4) is 0 Å². The van der Waals surface area contributed by atoms with Crippen LogP contribution >= 0.6 is 12.4 Å². The van der Waals surface area contributed by atoms with Gasteiger partial charge in [0.1, 0.15) is 6.04 Å². The normalized spacial score (nSPS) is 13.8. The SMILES string of the molecule is CC(C)(C)N([C@@H](CCC(=O)O)C(=O)O)C(C)(C)C.Cl. The molecule has 0 aliphatic heterocycles. The molecule has 5 nitrogen and oxygen atoms in total. The molecule has 0 spiro atoms. The van der Waals surface area contributed by atoms with Gasteiger partial charge >= 0.3 is 11.9 Å². The summed E-state index contributed by atoms with van der Waals surface area (Å²) < 4.78 is 0. The molecule has 0 saturated heterocycles. The topological polar surface area (TPSA) is 77.8 Å². The lowest BCUT2D eigenvalue weighted by Crippen LogP contribution is -2.60. The molecule has 0 rings (SSSR count). The van der Waals surface area contributed by atoms with Crippen molar-refractivity contribution in [1.29, 1.82) is 0 Å². The molecule has 0 aromatic rings. The van der Waals surface area contributed by atoms with Crippen LogP contribution in [-0.2, 0) is 9.59 Å². The third-order valence-electron chi connectivity index (χ3n) is 2.67. The second kappa shape index (κ2) is 7.10. The van der Waals surface area contributed by atoms with Crippen molar-refractivity contribution in [3.05, 3.63) is 0 Å². The van der Waals surface area contributed by atoms with Crippen molar-refractivity contribution in [3.63, 3.8) is 0 Å². The first-order valence-corrected chi connectivity index (χ1v) is 6.11. The van der Waals surface area contributed by atoms with Gasteiger partial charge in [0.2, 0.25) is 0 Å². The Hall–Kier alpha value is -0.810. The fourth-order valence-corrected chi connectivity index (χ4v) is 2.56. The summed E-state index contributed by atoms with van der Waals surface area (Å²) >= 11 is 0. The largest absolute Gasteiger partial charge is 0.481 e. The van der Waals surface area contributed by atoms with Gasteiger partial charge in [0.15, 0.2) is 0 Å². The number of carboxylic acids is 2. The van der Waals surface area contributed by atoms with Gasteiger partial charge in [-0.15, -0.1) is 12.4 Å². The molecule has 19 heavy (non-hydrogen) atoms. The van der Waals surface area contributed by atoms with Crippen LogP contribution in [0.15, 0.2) is 0 Å². The summed E-state index contributed by atoms with van der Waals surface area (Å²) in [6.07, 6.45) is -0.0289. The van der Waals surface area contributed by atoms with Crippen LogP contribution in [0.2, 0.25) is 0 Å². The highest BCUT2D eigenvalue weighted by Crippen LogP contribution is 2.29. The molecule has 6 heteroatoms. The van der Waals surface area contributed by atoms with Gasteiger partial charge in [-0.3, -0.25) is 14.5 Å². The Labute approximate surface area is 121 Å². The molecular weight excluding hydrogens is 270 g/mol. The lowest BCUT2D eigenvalue weighted by molar-refractivity contribution is -0.151. The number of halogens is 1. The fourth-order valence-electron chi connectivity index (χ4n) is 2.56. The standard InChI is InChI=1S/C13H25NO4.ClH/c1-12(2,3)14(13(4,5)6)9(11(17)18)7-8-10(15)16;/h9H,7-8H2,1-6H3,(H,15,16)(H,17,18);1H/t9-;/m0./s1. The molecule has 0 radical (unpaired) electrons. The predicted octanol–water partition coefficient (Wildman–Crippen LogP) is 2.63. The van der Waals surface area contributed by atoms with Crippen molar-refractivity contribution in [1.82, 2.24) is 4.90 Å². The van der Waals surface area contributed by atoms with Gasteiger partial charge in [0, 0.05) is 17.5 Å². The van der Waals surface area contributed by atoms with Crippen LogP contribution < -0.4 is 0 Å². The lowest BCUT2D eigenvalue weighted by Gasteiger charge is -2.48. The van der Waals surface area contributed by atoms with Gasteiger partial charge in [-0.1, -0.05) is 0 Å². The number of hydrogen-bond acceptors (Lipinski definition) is 3. The molecule has 114 valence electrons. The number of aliphatic carboxylic acids is 2. The molecule has 0 bridgehead atoms. The Morgan fingerprint density at radius 1 is 1.00 bits per heavy atom. The van der Waals surface area contributed by atoms with E-state index >= 15 is 0 Å². The zero-order valence-corrected chi connectivity index (χ0v) is 13.4. The Balaban J connectivity index is 0. The summed E-state index contributed by atoms with van der Waals surface area (Å²) in [5, 5.41) is 18.1. The van der Waals surface area contributed by atoms with E-state index < -0.39 is 18.0 Å². The highest BCUT2D eigenvalue weighted by molar-refractivity contribution is 5.85. The van der Waals surface area contributed by atoms with E-state index in [0.29, 0.717) is 0 Å². The predicted molar refractivity (Wildman–Crippen MR) is 76.9 cm³/mol. The van der Waals surface area contributed by atoms with E-state index in [0.717, 1.165) is 0 Å². The summed E-state index contributed by atoms with van der Waals surface area (Å²) in [7, 11) is 0. The molecule has 1 atom stereocenters. The Morgan fingerprint density at radius 3 is 1.58 bits per heavy atom. The quantitative estimate of drug-likeness (QED) is 0.815. The second-order valence-electron chi connectivity index (χ2n) is 6.50. The summed E-state index contributed by atoms with van der Waals surface area (Å²) in [5.74, 6) is -1.94. The maximum absolute atomic E-state index is 11.4. The van der Waals surface area contributed by atoms with Crippen molar-refractivity contribution in [2.75, 3.05) is 0 Å². The molecule has 0 aliphatic rings. The highest BCUT2D eigenvalue weighted by atomic mass is 35.5. The van der Waals surface area contributed by atoms with Crippen LogP contribution in [0.4, 0.5) is 0 Å². The van der Waals surface area contributed by atoms with Crippen molar-refractivity contribution in [2.24, 2.45) is 0 Å². The second-order valence-corrected chi connectivity index (χ2v) is 6.50. The average molecular weight is 296 g/mol. The molecule has 0 fully saturated rings. The van der Waals surface area contributed by atoms with E-state index in [1.165, 1.54) is 0 Å². The minimum Gasteiger partial charge on any atom is -0.481 e. The summed E-state index contributed by atoms with van der Waals surface area (Å²) in [6.45, 7) is 11.6. The molecule has 0 aliphatic carbocycles. The number of hydrogen-bond donors (Lipinski definition) is 2. The van der Waals surface area contributed by atoms with Crippen molar-refractivity contribution >= 4 is 24.3 Å². The highest BCUT2D eigenvalue weighted by Gasteiger charge is 2.40. The fraction of sp³-hybridized carbons (Fsp3) is 0.846. The molecular formula is C13H26ClNO4. The van der Waals surface area contributed by atoms with E-state index in [4.69, 9.17) is 5.11 Å². The monoisotopic (exact) mass is 295 g/mol. The maximum Gasteiger partial charge on any atom is 0.320 e. The molecule has 0 heterocycles. The van der Waals surface area contributed by atoms with Crippen molar-refractivity contribution in [2.45, 2.75) is 71.5 Å². The first-order valence-electron chi connectivity index (χ1n) is 6.11. The van der Waals surface area contributed by atoms with E-state index in [1.807, 2.05) is 46.4 Å². The van der Waals surface area contributed by atoms with Gasteiger partial charge in [0.25, 0.3) is 0 Å². The maximum atomic E-state index is 11.4. The van der Waals surface area contributed by atoms with E-state index in [2.05, 4.69) is 0 Å². The van der Waals surface area contributed by atoms with E-state index in [9.17, 15) is 14.7 Å². The third kappa shape index (κ3) is 6.78. The molecule has 0 aromatic heterocycles. The Bertz CT molecular complexity index is 304.